The van der Waals surface area contributed by atoms with Gasteiger partial charge in [-0.3, -0.25) is 4.57 Å². The van der Waals surface area contributed by atoms with Gasteiger partial charge in [0.25, 0.3) is 0 Å². The van der Waals surface area contributed by atoms with Crippen molar-refractivity contribution in [1.82, 2.24) is 19.5 Å². The molecular weight excluding hydrogens is 293 g/mol. The SMILES string of the molecule is Nc1nc(Cl)c2ncn([C@@H]3O[C@H](CO)C(O)[C@H]3F)c2n1. The number of imidazole rings is 1. The summed E-state index contributed by atoms with van der Waals surface area (Å²) in [6.45, 7) is -0.497. The van der Waals surface area contributed by atoms with E-state index < -0.39 is 31.2 Å². The van der Waals surface area contributed by atoms with Crippen molar-refractivity contribution >= 4 is 28.7 Å². The summed E-state index contributed by atoms with van der Waals surface area (Å²) >= 11 is 5.87. The number of nitrogens with zero attached hydrogens (tertiary/aromatic N) is 4. The number of rotatable bonds is 2. The van der Waals surface area contributed by atoms with Crippen LogP contribution in [0.3, 0.4) is 0 Å². The second kappa shape index (κ2) is 4.77. The summed E-state index contributed by atoms with van der Waals surface area (Å²) in [5.74, 6) is -0.0862. The van der Waals surface area contributed by atoms with Gasteiger partial charge in [0.1, 0.15) is 17.7 Å². The number of hydrogen-bond acceptors (Lipinski definition) is 7. The van der Waals surface area contributed by atoms with E-state index in [9.17, 15) is 9.50 Å². The van der Waals surface area contributed by atoms with Gasteiger partial charge >= 0.3 is 0 Å². The molecule has 2 aromatic rings. The fourth-order valence-electron chi connectivity index (χ4n) is 2.16. The molecule has 3 heterocycles. The van der Waals surface area contributed by atoms with Crippen molar-refractivity contribution in [3.8, 4) is 0 Å². The Hall–Kier alpha value is -1.55. The van der Waals surface area contributed by atoms with Gasteiger partial charge in [-0.1, -0.05) is 11.6 Å². The van der Waals surface area contributed by atoms with Gasteiger partial charge in [-0.2, -0.15) is 9.97 Å². The van der Waals surface area contributed by atoms with E-state index in [1.165, 1.54) is 10.9 Å². The van der Waals surface area contributed by atoms with Gasteiger partial charge in [0.15, 0.2) is 23.2 Å². The summed E-state index contributed by atoms with van der Waals surface area (Å²) in [5, 5.41) is 18.7. The lowest BCUT2D eigenvalue weighted by molar-refractivity contribution is -0.0459. The number of aliphatic hydroxyl groups is 2. The molecule has 0 saturated carbocycles. The first-order valence-electron chi connectivity index (χ1n) is 5.77. The average molecular weight is 304 g/mol. The van der Waals surface area contributed by atoms with Crippen molar-refractivity contribution < 1.29 is 19.3 Å². The highest BCUT2D eigenvalue weighted by Crippen LogP contribution is 2.34. The lowest BCUT2D eigenvalue weighted by atomic mass is 10.1. The third kappa shape index (κ3) is 1.90. The Bertz CT molecular complexity index is 653. The Labute approximate surface area is 117 Å². The summed E-state index contributed by atoms with van der Waals surface area (Å²) in [6, 6.07) is 0. The number of aliphatic hydroxyl groups excluding tert-OH is 2. The molecule has 8 nitrogen and oxygen atoms in total. The van der Waals surface area contributed by atoms with Crippen LogP contribution in [0.25, 0.3) is 11.2 Å². The van der Waals surface area contributed by atoms with Gasteiger partial charge < -0.3 is 20.7 Å². The first kappa shape index (κ1) is 13.4. The highest BCUT2D eigenvalue weighted by Gasteiger charge is 2.45. The molecule has 1 saturated heterocycles. The number of aromatic nitrogens is 4. The number of nitrogens with two attached hydrogens (primary N) is 1. The third-order valence-electron chi connectivity index (χ3n) is 3.14. The summed E-state index contributed by atoms with van der Waals surface area (Å²) in [5.41, 5.74) is 5.94. The first-order valence-corrected chi connectivity index (χ1v) is 6.14. The van der Waals surface area contributed by atoms with Gasteiger partial charge in [-0.05, 0) is 0 Å². The van der Waals surface area contributed by atoms with E-state index in [-0.39, 0.29) is 22.3 Å². The molecule has 20 heavy (non-hydrogen) atoms. The molecular formula is C10H11ClFN5O3. The predicted octanol–water partition coefficient (Wildman–Crippen LogP) is -0.349. The smallest absolute Gasteiger partial charge is 0.223 e. The van der Waals surface area contributed by atoms with E-state index >= 15 is 0 Å². The summed E-state index contributed by atoms with van der Waals surface area (Å²) < 4.78 is 20.6. The van der Waals surface area contributed by atoms with E-state index in [4.69, 9.17) is 27.2 Å². The number of fused-ring (bicyclic) bond motifs is 1. The molecule has 4 atom stereocenters. The summed E-state index contributed by atoms with van der Waals surface area (Å²) in [4.78, 5) is 11.7. The zero-order chi connectivity index (χ0) is 14.4. The second-order valence-electron chi connectivity index (χ2n) is 4.38. The Morgan fingerprint density at radius 3 is 2.90 bits per heavy atom. The molecule has 1 aliphatic rings. The fourth-order valence-corrected chi connectivity index (χ4v) is 2.38. The number of halogens is 2. The zero-order valence-corrected chi connectivity index (χ0v) is 10.8. The topological polar surface area (TPSA) is 119 Å². The Morgan fingerprint density at radius 1 is 1.50 bits per heavy atom. The lowest BCUT2D eigenvalue weighted by Gasteiger charge is -2.15. The standard InChI is InChI=1S/C10H11ClFN5O3/c11-7-5-8(16-10(13)15-7)17(2-14-5)9-4(12)6(19)3(1-18)20-9/h2-4,6,9,18-19H,1H2,(H2,13,15,16)/t3-,4-,6?,9-/m1/s1. The van der Waals surface area contributed by atoms with Gasteiger partial charge in [0.05, 0.1) is 12.9 Å². The van der Waals surface area contributed by atoms with Crippen molar-refractivity contribution in [2.45, 2.75) is 24.6 Å². The van der Waals surface area contributed by atoms with Crippen LogP contribution < -0.4 is 5.73 Å². The van der Waals surface area contributed by atoms with Gasteiger partial charge in [0.2, 0.25) is 5.95 Å². The van der Waals surface area contributed by atoms with Crippen molar-refractivity contribution in [2.75, 3.05) is 12.3 Å². The van der Waals surface area contributed by atoms with E-state index in [0.717, 1.165) is 0 Å². The van der Waals surface area contributed by atoms with Gasteiger partial charge in [0, 0.05) is 0 Å². The number of alkyl halides is 1. The minimum absolute atomic E-state index is 0.0407. The molecule has 0 spiro atoms. The zero-order valence-electron chi connectivity index (χ0n) is 10.0. The quantitative estimate of drug-likeness (QED) is 0.649. The largest absolute Gasteiger partial charge is 0.394 e. The molecule has 1 fully saturated rings. The van der Waals surface area contributed by atoms with Gasteiger partial charge in [-0.15, -0.1) is 0 Å². The molecule has 0 aromatic carbocycles. The van der Waals surface area contributed by atoms with Crippen LogP contribution in [0.15, 0.2) is 6.33 Å². The minimum Gasteiger partial charge on any atom is -0.394 e. The van der Waals surface area contributed by atoms with Crippen LogP contribution in [0.2, 0.25) is 5.15 Å². The number of nitrogen functional groups attached to an aromatic ring is 1. The Balaban J connectivity index is 2.07. The number of ether oxygens (including phenoxy) is 1. The molecule has 108 valence electrons. The van der Waals surface area contributed by atoms with Crippen LogP contribution in [-0.4, -0.2) is 54.7 Å². The van der Waals surface area contributed by atoms with Crippen LogP contribution in [-0.2, 0) is 4.74 Å². The molecule has 0 amide bonds. The molecule has 0 bridgehead atoms. The predicted molar refractivity (Wildman–Crippen MR) is 66.6 cm³/mol. The number of hydrogen-bond donors (Lipinski definition) is 3. The van der Waals surface area contributed by atoms with Crippen LogP contribution in [0.4, 0.5) is 10.3 Å². The molecule has 0 radical (unpaired) electrons. The third-order valence-corrected chi connectivity index (χ3v) is 3.41. The van der Waals surface area contributed by atoms with Crippen molar-refractivity contribution in [1.29, 1.82) is 0 Å². The van der Waals surface area contributed by atoms with E-state index in [2.05, 4.69) is 15.0 Å². The molecule has 0 aliphatic carbocycles. The molecule has 2 aromatic heterocycles. The van der Waals surface area contributed by atoms with Gasteiger partial charge in [-0.25, -0.2) is 9.37 Å². The van der Waals surface area contributed by atoms with E-state index in [0.29, 0.717) is 0 Å². The molecule has 3 rings (SSSR count). The normalized spacial score (nSPS) is 30.2. The van der Waals surface area contributed by atoms with E-state index in [1.54, 1.807) is 0 Å². The minimum atomic E-state index is -1.74. The summed E-state index contributed by atoms with van der Waals surface area (Å²) in [7, 11) is 0. The Morgan fingerprint density at radius 2 is 2.25 bits per heavy atom. The molecule has 1 unspecified atom stereocenters. The van der Waals surface area contributed by atoms with Crippen LogP contribution >= 0.6 is 11.6 Å². The van der Waals surface area contributed by atoms with Crippen molar-refractivity contribution in [3.05, 3.63) is 11.5 Å². The lowest BCUT2D eigenvalue weighted by Crippen LogP contribution is -2.30. The molecule has 4 N–H and O–H groups in total. The second-order valence-corrected chi connectivity index (χ2v) is 4.74. The Kier molecular flexibility index (Phi) is 3.21. The molecule has 1 aliphatic heterocycles. The highest BCUT2D eigenvalue weighted by molar-refractivity contribution is 6.33. The first-order chi connectivity index (χ1) is 9.52. The van der Waals surface area contributed by atoms with Crippen LogP contribution in [0.1, 0.15) is 6.23 Å². The maximum Gasteiger partial charge on any atom is 0.223 e. The molecule has 10 heteroatoms. The van der Waals surface area contributed by atoms with Crippen molar-refractivity contribution in [2.24, 2.45) is 0 Å². The average Bonchev–Trinajstić information content (AvgIpc) is 2.93. The number of anilines is 1. The highest BCUT2D eigenvalue weighted by atomic mass is 35.5. The maximum atomic E-state index is 14.1. The van der Waals surface area contributed by atoms with Crippen LogP contribution in [0.5, 0.6) is 0 Å². The monoisotopic (exact) mass is 303 g/mol. The summed E-state index contributed by atoms with van der Waals surface area (Å²) in [6.07, 6.45) is -4.08. The van der Waals surface area contributed by atoms with Crippen LogP contribution in [0, 0.1) is 0 Å². The maximum absolute atomic E-state index is 14.1. The van der Waals surface area contributed by atoms with Crippen molar-refractivity contribution in [3.63, 3.8) is 0 Å². The van der Waals surface area contributed by atoms with E-state index in [1.807, 2.05) is 0 Å². The fraction of sp³-hybridized carbons (Fsp3) is 0.500.